The lowest BCUT2D eigenvalue weighted by atomic mass is 9.84. The van der Waals surface area contributed by atoms with E-state index in [2.05, 4.69) is 26.7 Å². The van der Waals surface area contributed by atoms with Crippen molar-refractivity contribution in [1.82, 2.24) is 10.3 Å². The van der Waals surface area contributed by atoms with Crippen molar-refractivity contribution >= 4 is 58.9 Å². The molecule has 3 aliphatic heterocycles. The minimum atomic E-state index is -0.877. The molecule has 1 aromatic carbocycles. The van der Waals surface area contributed by atoms with Crippen LogP contribution in [0.3, 0.4) is 0 Å². The molecule has 2 atom stereocenters. The first-order valence-electron chi connectivity index (χ1n) is 8.62. The van der Waals surface area contributed by atoms with Crippen LogP contribution in [0.5, 0.6) is 0 Å². The number of halogens is 2. The Morgan fingerprint density at radius 2 is 1.93 bits per heavy atom. The summed E-state index contributed by atoms with van der Waals surface area (Å²) < 4.78 is 0. The summed E-state index contributed by atoms with van der Waals surface area (Å²) in [5, 5.41) is 8.10. The van der Waals surface area contributed by atoms with Crippen molar-refractivity contribution in [2.75, 3.05) is 11.6 Å². The molecule has 140 valence electrons. The summed E-state index contributed by atoms with van der Waals surface area (Å²) in [4.78, 5) is 14.8. The van der Waals surface area contributed by atoms with Gasteiger partial charge in [0.15, 0.2) is 5.66 Å². The van der Waals surface area contributed by atoms with Gasteiger partial charge in [-0.3, -0.25) is 4.99 Å². The van der Waals surface area contributed by atoms with Crippen molar-refractivity contribution in [1.29, 1.82) is 0 Å². The molecule has 2 N–H and O–H groups in total. The summed E-state index contributed by atoms with van der Waals surface area (Å²) in [7, 11) is 0. The third-order valence-electron chi connectivity index (χ3n) is 5.09. The fourth-order valence-corrected chi connectivity index (χ4v) is 4.93. The van der Waals surface area contributed by atoms with Gasteiger partial charge in [-0.15, -0.1) is 11.8 Å². The summed E-state index contributed by atoms with van der Waals surface area (Å²) in [5.41, 5.74) is 0.125. The molecule has 0 bridgehead atoms. The highest BCUT2D eigenvalue weighted by Gasteiger charge is 2.55. The molecule has 2 aromatic rings. The lowest BCUT2D eigenvalue weighted by Crippen LogP contribution is -2.61. The Bertz CT molecular complexity index is 1090. The van der Waals surface area contributed by atoms with Crippen molar-refractivity contribution in [2.24, 2.45) is 9.98 Å². The summed E-state index contributed by atoms with van der Waals surface area (Å²) in [6.45, 7) is 0. The Hall–Kier alpha value is -2.28. The fraction of sp³-hybridized carbons (Fsp3) is 0.150. The molecule has 8 heteroatoms. The van der Waals surface area contributed by atoms with Crippen LogP contribution in [0.15, 0.2) is 63.7 Å². The van der Waals surface area contributed by atoms with Crippen LogP contribution in [0.25, 0.3) is 6.08 Å². The molecule has 0 spiro atoms. The van der Waals surface area contributed by atoms with Crippen molar-refractivity contribution in [3.63, 3.8) is 0 Å². The molecular formula is C20H15Cl2N5S. The van der Waals surface area contributed by atoms with Gasteiger partial charge in [0.2, 0.25) is 0 Å². The van der Waals surface area contributed by atoms with E-state index in [4.69, 9.17) is 28.2 Å². The first-order chi connectivity index (χ1) is 13.6. The first kappa shape index (κ1) is 17.8. The van der Waals surface area contributed by atoms with Crippen LogP contribution in [0, 0.1) is 0 Å². The second kappa shape index (κ2) is 6.37. The molecule has 0 radical (unpaired) electrons. The zero-order valence-electron chi connectivity index (χ0n) is 14.8. The van der Waals surface area contributed by atoms with Crippen molar-refractivity contribution in [3.8, 4) is 0 Å². The number of pyridine rings is 1. The number of hydrogen-bond acceptors (Lipinski definition) is 6. The number of benzene rings is 1. The quantitative estimate of drug-likeness (QED) is 0.685. The van der Waals surface area contributed by atoms with Crippen molar-refractivity contribution in [2.45, 2.75) is 16.1 Å². The van der Waals surface area contributed by atoms with Gasteiger partial charge in [0.05, 0.1) is 21.8 Å². The van der Waals surface area contributed by atoms with E-state index in [0.29, 0.717) is 21.4 Å². The lowest BCUT2D eigenvalue weighted by molar-refractivity contribution is 0.472. The van der Waals surface area contributed by atoms with Crippen molar-refractivity contribution < 1.29 is 0 Å². The Balaban J connectivity index is 1.69. The number of anilines is 1. The van der Waals surface area contributed by atoms with Crippen LogP contribution < -0.4 is 10.6 Å². The predicted octanol–water partition coefficient (Wildman–Crippen LogP) is 4.63. The molecule has 5 rings (SSSR count). The van der Waals surface area contributed by atoms with E-state index in [1.807, 2.05) is 42.7 Å². The summed E-state index contributed by atoms with van der Waals surface area (Å²) in [6, 6.07) is 7.71. The van der Waals surface area contributed by atoms with Gasteiger partial charge in [0.1, 0.15) is 17.2 Å². The standard InChI is InChI=1S/C20H15Cl2N5S/c1-28-13-9-14(21)16(15(22)10-13)18-25-19-5-4-12-3-2-7-24-17(12)26-20(19,27-18)11-23-8-6-19/h2-11H,1H3,(H,24,26)(H,25,27). The number of aliphatic imine (C=N–C) groups is 2. The van der Waals surface area contributed by atoms with E-state index in [1.165, 1.54) is 0 Å². The van der Waals surface area contributed by atoms with Crippen LogP contribution in [-0.4, -0.2) is 34.5 Å². The molecule has 3 aliphatic rings. The molecule has 5 nitrogen and oxygen atoms in total. The molecule has 4 heterocycles. The van der Waals surface area contributed by atoms with Gasteiger partial charge >= 0.3 is 0 Å². The molecule has 0 amide bonds. The Morgan fingerprint density at radius 3 is 2.71 bits per heavy atom. The van der Waals surface area contributed by atoms with E-state index >= 15 is 0 Å². The second-order valence-electron chi connectivity index (χ2n) is 6.68. The summed E-state index contributed by atoms with van der Waals surface area (Å²) >= 11 is 14.7. The number of amidine groups is 1. The highest BCUT2D eigenvalue weighted by Crippen LogP contribution is 2.42. The van der Waals surface area contributed by atoms with Gasteiger partial charge in [0.25, 0.3) is 0 Å². The third kappa shape index (κ3) is 2.52. The number of fused-ring (bicyclic) bond motifs is 1. The molecule has 0 saturated carbocycles. The zero-order valence-corrected chi connectivity index (χ0v) is 17.1. The smallest absolute Gasteiger partial charge is 0.199 e. The van der Waals surface area contributed by atoms with Gasteiger partial charge in [-0.05, 0) is 42.7 Å². The van der Waals surface area contributed by atoms with Crippen LogP contribution >= 0.6 is 35.0 Å². The van der Waals surface area contributed by atoms with Crippen LogP contribution in [0.4, 0.5) is 5.82 Å². The first-order valence-corrected chi connectivity index (χ1v) is 10.6. The Morgan fingerprint density at radius 1 is 1.11 bits per heavy atom. The maximum absolute atomic E-state index is 6.58. The van der Waals surface area contributed by atoms with Gasteiger partial charge < -0.3 is 10.6 Å². The van der Waals surface area contributed by atoms with E-state index in [1.54, 1.807) is 30.4 Å². The third-order valence-corrected chi connectivity index (χ3v) is 6.39. The van der Waals surface area contributed by atoms with Crippen LogP contribution in [-0.2, 0) is 0 Å². The predicted molar refractivity (Wildman–Crippen MR) is 118 cm³/mol. The van der Waals surface area contributed by atoms with E-state index in [-0.39, 0.29) is 0 Å². The zero-order chi connectivity index (χ0) is 19.4. The maximum Gasteiger partial charge on any atom is 0.199 e. The molecular weight excluding hydrogens is 413 g/mol. The number of hydrogen-bond donors (Lipinski definition) is 2. The van der Waals surface area contributed by atoms with Gasteiger partial charge in [-0.1, -0.05) is 29.3 Å². The monoisotopic (exact) mass is 427 g/mol. The minimum absolute atomic E-state index is 0.549. The Labute approximate surface area is 176 Å². The van der Waals surface area contributed by atoms with E-state index < -0.39 is 11.2 Å². The van der Waals surface area contributed by atoms with Gasteiger partial charge in [-0.2, -0.15) is 0 Å². The van der Waals surface area contributed by atoms with Crippen molar-refractivity contribution in [3.05, 3.63) is 70.0 Å². The highest BCUT2D eigenvalue weighted by molar-refractivity contribution is 7.98. The van der Waals surface area contributed by atoms with Gasteiger partial charge in [-0.25, -0.2) is 9.98 Å². The maximum atomic E-state index is 6.58. The van der Waals surface area contributed by atoms with E-state index in [0.717, 1.165) is 16.3 Å². The molecule has 1 aromatic heterocycles. The normalized spacial score (nSPS) is 26.5. The highest BCUT2D eigenvalue weighted by atomic mass is 35.5. The fourth-order valence-electron chi connectivity index (χ4n) is 3.66. The van der Waals surface area contributed by atoms with E-state index in [9.17, 15) is 0 Å². The summed E-state index contributed by atoms with van der Waals surface area (Å²) in [6.07, 6.45) is 13.4. The lowest BCUT2D eigenvalue weighted by Gasteiger charge is -2.38. The topological polar surface area (TPSA) is 61.7 Å². The molecule has 28 heavy (non-hydrogen) atoms. The Kier molecular flexibility index (Phi) is 4.05. The van der Waals surface area contributed by atoms with Gasteiger partial charge in [0, 0.05) is 22.9 Å². The average Bonchev–Trinajstić information content (AvgIpc) is 2.93. The minimum Gasteiger partial charge on any atom is -0.353 e. The van der Waals surface area contributed by atoms with Crippen LogP contribution in [0.1, 0.15) is 11.1 Å². The number of nitrogens with one attached hydrogen (secondary N) is 2. The second-order valence-corrected chi connectivity index (χ2v) is 8.37. The number of rotatable bonds is 2. The average molecular weight is 428 g/mol. The van der Waals surface area contributed by atoms with Crippen LogP contribution in [0.2, 0.25) is 10.0 Å². The number of thioether (sulfide) groups is 1. The number of aromatic nitrogens is 1. The molecule has 0 aliphatic carbocycles. The summed E-state index contributed by atoms with van der Waals surface area (Å²) in [5.74, 6) is 1.35. The number of nitrogens with zero attached hydrogens (tertiary/aromatic N) is 3. The molecule has 0 saturated heterocycles. The molecule has 0 fully saturated rings. The molecule has 2 unspecified atom stereocenters. The largest absolute Gasteiger partial charge is 0.353 e. The SMILES string of the molecule is CSc1cc(Cl)c(C2=NC34C=NC=CC3(C=Cc3cccnc3N4)N2)c(Cl)c1.